The minimum Gasteiger partial charge on any atom is -0.287 e. The topological polar surface area (TPSA) is 100 Å². The summed E-state index contributed by atoms with van der Waals surface area (Å²) in [6, 6.07) is 17.1. The van der Waals surface area contributed by atoms with E-state index in [2.05, 4.69) is 11.1 Å². The number of rotatable bonds is 7. The van der Waals surface area contributed by atoms with Gasteiger partial charge >= 0.3 is 5.69 Å². The van der Waals surface area contributed by atoms with Crippen molar-refractivity contribution in [3.05, 3.63) is 86.1 Å². The number of hydrogen-bond acceptors (Lipinski definition) is 5. The standard InChI is InChI=1S/C25H23ClN4O3/c1-4-8-22(31)29(25-24(30(32)33)16(2)23(26)17(3)28-25)15-18-11-12-21(20(13-18)14-27)19-9-6-5-7-10-19/h5-7,9-13H,4,8,15H2,1-3H3. The third kappa shape index (κ3) is 5.02. The first-order valence-corrected chi connectivity index (χ1v) is 10.9. The van der Waals surface area contributed by atoms with Crippen LogP contribution in [-0.2, 0) is 11.3 Å². The van der Waals surface area contributed by atoms with Crippen molar-refractivity contribution in [3.8, 4) is 17.2 Å². The summed E-state index contributed by atoms with van der Waals surface area (Å²) in [6.45, 7) is 5.09. The van der Waals surface area contributed by atoms with E-state index in [-0.39, 0.29) is 41.0 Å². The summed E-state index contributed by atoms with van der Waals surface area (Å²) >= 11 is 6.21. The Morgan fingerprint density at radius 3 is 2.52 bits per heavy atom. The number of nitro groups is 1. The van der Waals surface area contributed by atoms with E-state index >= 15 is 0 Å². The first kappa shape index (κ1) is 23.9. The van der Waals surface area contributed by atoms with Crippen molar-refractivity contribution in [2.75, 3.05) is 4.90 Å². The molecule has 1 amide bonds. The molecule has 0 bridgehead atoms. The number of nitrogens with zero attached hydrogens (tertiary/aromatic N) is 4. The van der Waals surface area contributed by atoms with Crippen molar-refractivity contribution >= 4 is 29.0 Å². The third-order valence-corrected chi connectivity index (χ3v) is 5.88. The van der Waals surface area contributed by atoms with Crippen LogP contribution in [0.15, 0.2) is 48.5 Å². The smallest absolute Gasteiger partial charge is 0.287 e. The van der Waals surface area contributed by atoms with Gasteiger partial charge in [0, 0.05) is 6.42 Å². The second kappa shape index (κ2) is 10.2. The zero-order valence-electron chi connectivity index (χ0n) is 18.6. The molecule has 0 atom stereocenters. The molecule has 0 spiro atoms. The molecule has 1 aromatic heterocycles. The number of anilines is 1. The molecule has 0 aliphatic rings. The molecule has 0 aliphatic carbocycles. The highest BCUT2D eigenvalue weighted by Crippen LogP contribution is 2.37. The van der Waals surface area contributed by atoms with Crippen LogP contribution in [0.1, 0.15) is 42.1 Å². The van der Waals surface area contributed by atoms with Crippen molar-refractivity contribution in [3.63, 3.8) is 0 Å². The van der Waals surface area contributed by atoms with E-state index in [0.29, 0.717) is 23.2 Å². The van der Waals surface area contributed by atoms with Crippen LogP contribution in [0.5, 0.6) is 0 Å². The van der Waals surface area contributed by atoms with Gasteiger partial charge in [-0.05, 0) is 43.0 Å². The van der Waals surface area contributed by atoms with E-state index in [9.17, 15) is 20.2 Å². The van der Waals surface area contributed by atoms with Gasteiger partial charge in [0.1, 0.15) is 0 Å². The van der Waals surface area contributed by atoms with Crippen molar-refractivity contribution < 1.29 is 9.72 Å². The summed E-state index contributed by atoms with van der Waals surface area (Å²) in [5.74, 6) is -0.330. The van der Waals surface area contributed by atoms with Gasteiger partial charge in [0.2, 0.25) is 11.7 Å². The predicted octanol–water partition coefficient (Wildman–Crippen LogP) is 6.13. The van der Waals surface area contributed by atoms with E-state index in [1.54, 1.807) is 19.9 Å². The van der Waals surface area contributed by atoms with E-state index in [4.69, 9.17) is 11.6 Å². The van der Waals surface area contributed by atoms with E-state index in [1.165, 1.54) is 4.90 Å². The summed E-state index contributed by atoms with van der Waals surface area (Å²) in [4.78, 5) is 30.0. The lowest BCUT2D eigenvalue weighted by Gasteiger charge is -2.23. The normalized spacial score (nSPS) is 10.5. The Hall–Kier alpha value is -3.76. The van der Waals surface area contributed by atoms with E-state index < -0.39 is 4.92 Å². The van der Waals surface area contributed by atoms with Gasteiger partial charge in [-0.25, -0.2) is 4.98 Å². The Morgan fingerprint density at radius 2 is 1.91 bits per heavy atom. The second-order valence-electron chi connectivity index (χ2n) is 7.65. The van der Waals surface area contributed by atoms with Gasteiger partial charge in [-0.2, -0.15) is 5.26 Å². The van der Waals surface area contributed by atoms with Crippen LogP contribution in [0, 0.1) is 35.3 Å². The van der Waals surface area contributed by atoms with Gasteiger partial charge in [-0.1, -0.05) is 61.0 Å². The lowest BCUT2D eigenvalue weighted by molar-refractivity contribution is -0.384. The zero-order valence-corrected chi connectivity index (χ0v) is 19.4. The molecule has 0 saturated heterocycles. The number of aryl methyl sites for hydroxylation is 1. The summed E-state index contributed by atoms with van der Waals surface area (Å²) in [7, 11) is 0. The molecule has 0 N–H and O–H groups in total. The molecule has 168 valence electrons. The number of hydrogen-bond donors (Lipinski definition) is 0. The van der Waals surface area contributed by atoms with Crippen LogP contribution < -0.4 is 4.90 Å². The van der Waals surface area contributed by atoms with Gasteiger partial charge in [0.05, 0.1) is 39.4 Å². The predicted molar refractivity (Wildman–Crippen MR) is 128 cm³/mol. The molecule has 7 nitrogen and oxygen atoms in total. The third-order valence-electron chi connectivity index (χ3n) is 5.32. The van der Waals surface area contributed by atoms with Gasteiger partial charge < -0.3 is 0 Å². The first-order chi connectivity index (χ1) is 15.8. The summed E-state index contributed by atoms with van der Waals surface area (Å²) < 4.78 is 0. The molecule has 8 heteroatoms. The van der Waals surface area contributed by atoms with Crippen molar-refractivity contribution in [2.45, 2.75) is 40.2 Å². The molecule has 0 aliphatic heterocycles. The molecule has 0 saturated carbocycles. The van der Waals surface area contributed by atoms with Crippen molar-refractivity contribution in [1.82, 2.24) is 4.98 Å². The zero-order chi connectivity index (χ0) is 24.1. The Balaban J connectivity index is 2.11. The van der Waals surface area contributed by atoms with E-state index in [1.807, 2.05) is 49.4 Å². The fraction of sp³-hybridized carbons (Fsp3) is 0.240. The maximum Gasteiger partial charge on any atom is 0.316 e. The molecule has 3 aromatic rings. The van der Waals surface area contributed by atoms with Crippen LogP contribution in [-0.4, -0.2) is 15.8 Å². The summed E-state index contributed by atoms with van der Waals surface area (Å²) in [5.41, 5.74) is 3.16. The van der Waals surface area contributed by atoms with Gasteiger partial charge in [-0.15, -0.1) is 0 Å². The average molecular weight is 463 g/mol. The maximum absolute atomic E-state index is 13.0. The highest BCUT2D eigenvalue weighted by molar-refractivity contribution is 6.32. The van der Waals surface area contributed by atoms with Crippen LogP contribution in [0.2, 0.25) is 5.02 Å². The SMILES string of the molecule is CCCC(=O)N(Cc1ccc(-c2ccccc2)c(C#N)c1)c1nc(C)c(Cl)c(C)c1[N+](=O)[O-]. The number of carbonyl (C=O) groups excluding carboxylic acids is 1. The molecule has 0 radical (unpaired) electrons. The van der Waals surface area contributed by atoms with Gasteiger partial charge in [0.25, 0.3) is 0 Å². The molecule has 3 rings (SSSR count). The Morgan fingerprint density at radius 1 is 1.21 bits per heavy atom. The number of aromatic nitrogens is 1. The number of benzene rings is 2. The van der Waals surface area contributed by atoms with Crippen molar-refractivity contribution in [2.24, 2.45) is 0 Å². The highest BCUT2D eigenvalue weighted by Gasteiger charge is 2.30. The first-order valence-electron chi connectivity index (χ1n) is 10.5. The summed E-state index contributed by atoms with van der Waals surface area (Å²) in [6.07, 6.45) is 0.776. The lowest BCUT2D eigenvalue weighted by atomic mass is 9.98. The second-order valence-corrected chi connectivity index (χ2v) is 8.03. The lowest BCUT2D eigenvalue weighted by Crippen LogP contribution is -2.32. The average Bonchev–Trinajstić information content (AvgIpc) is 2.81. The van der Waals surface area contributed by atoms with Crippen LogP contribution >= 0.6 is 11.6 Å². The molecule has 33 heavy (non-hydrogen) atoms. The summed E-state index contributed by atoms with van der Waals surface area (Å²) in [5, 5.41) is 21.8. The fourth-order valence-corrected chi connectivity index (χ4v) is 3.81. The van der Waals surface area contributed by atoms with Crippen LogP contribution in [0.3, 0.4) is 0 Å². The molecular weight excluding hydrogens is 440 g/mol. The van der Waals surface area contributed by atoms with Crippen LogP contribution in [0.25, 0.3) is 11.1 Å². The highest BCUT2D eigenvalue weighted by atomic mass is 35.5. The molecule has 0 fully saturated rings. The number of halogens is 1. The fourth-order valence-electron chi connectivity index (χ4n) is 3.67. The Labute approximate surface area is 197 Å². The Kier molecular flexibility index (Phi) is 7.41. The van der Waals surface area contributed by atoms with Gasteiger partial charge in [-0.3, -0.25) is 19.8 Å². The minimum atomic E-state index is -0.561. The molecule has 2 aromatic carbocycles. The largest absolute Gasteiger partial charge is 0.316 e. The van der Waals surface area contributed by atoms with Gasteiger partial charge in [0.15, 0.2) is 0 Å². The number of pyridine rings is 1. The van der Waals surface area contributed by atoms with Crippen molar-refractivity contribution in [1.29, 1.82) is 5.26 Å². The number of amides is 1. The monoisotopic (exact) mass is 462 g/mol. The Bertz CT molecular complexity index is 1250. The molecule has 1 heterocycles. The maximum atomic E-state index is 13.0. The van der Waals surface area contributed by atoms with E-state index in [0.717, 1.165) is 11.1 Å². The number of carbonyl (C=O) groups is 1. The minimum absolute atomic E-state index is 0.0384. The quantitative estimate of drug-likeness (QED) is 0.310. The van der Waals surface area contributed by atoms with Crippen LogP contribution in [0.4, 0.5) is 11.5 Å². The number of nitriles is 1. The molecule has 0 unspecified atom stereocenters. The molecular formula is C25H23ClN4O3.